The van der Waals surface area contributed by atoms with Crippen LogP contribution >= 0.6 is 0 Å². The molecule has 2 fully saturated rings. The topological polar surface area (TPSA) is 95.6 Å². The number of anilines is 2. The van der Waals surface area contributed by atoms with E-state index in [4.69, 9.17) is 15.7 Å². The second-order valence-corrected chi connectivity index (χ2v) is 18.0. The van der Waals surface area contributed by atoms with Crippen molar-refractivity contribution in [3.63, 3.8) is 0 Å². The molecule has 0 aliphatic carbocycles. The Labute approximate surface area is 264 Å². The van der Waals surface area contributed by atoms with Gasteiger partial charge in [0, 0.05) is 33.7 Å². The Morgan fingerprint density at radius 1 is 0.860 bits per heavy atom. The van der Waals surface area contributed by atoms with Crippen LogP contribution in [-0.4, -0.2) is 72.4 Å². The zero-order valence-corrected chi connectivity index (χ0v) is 30.1. The van der Waals surface area contributed by atoms with Gasteiger partial charge in [-0.1, -0.05) is 27.2 Å². The highest BCUT2D eigenvalue weighted by Crippen LogP contribution is 2.42. The van der Waals surface area contributed by atoms with Gasteiger partial charge >= 0.3 is 0 Å². The summed E-state index contributed by atoms with van der Waals surface area (Å²) in [6.07, 6.45) is 13.6. The van der Waals surface area contributed by atoms with Crippen molar-refractivity contribution >= 4 is 18.1 Å². The molecule has 0 amide bonds. The van der Waals surface area contributed by atoms with Crippen LogP contribution in [0.5, 0.6) is 0 Å². The molecule has 1 aromatic heterocycles. The van der Waals surface area contributed by atoms with Crippen molar-refractivity contribution in [1.29, 1.82) is 0 Å². The number of unbranched alkanes of at least 4 members (excludes halogenated alkanes) is 3. The Morgan fingerprint density at radius 2 is 1.44 bits per heavy atom. The minimum absolute atomic E-state index is 0.127. The summed E-state index contributed by atoms with van der Waals surface area (Å²) >= 11 is 0. The maximum Gasteiger partial charge on any atom is 0.231 e. The van der Waals surface area contributed by atoms with E-state index in [9.17, 15) is 0 Å². The van der Waals surface area contributed by atoms with E-state index in [0.29, 0.717) is 18.0 Å². The number of rotatable bonds is 11. The highest BCUT2D eigenvalue weighted by molar-refractivity contribution is 5.57. The van der Waals surface area contributed by atoms with Crippen LogP contribution in [0.3, 0.4) is 0 Å². The second kappa shape index (κ2) is 12.9. The van der Waals surface area contributed by atoms with E-state index in [1.165, 1.54) is 19.3 Å². The smallest absolute Gasteiger partial charge is 0.231 e. The van der Waals surface area contributed by atoms with Gasteiger partial charge in [-0.15, -0.1) is 0 Å². The molecule has 246 valence electrons. The van der Waals surface area contributed by atoms with Gasteiger partial charge in [0.1, 0.15) is 6.33 Å². The third kappa shape index (κ3) is 9.84. The third-order valence-electron chi connectivity index (χ3n) is 9.38. The van der Waals surface area contributed by atoms with E-state index in [1.54, 1.807) is 6.33 Å². The number of hydrogen-bond donors (Lipinski definition) is 2. The minimum atomic E-state index is -0.139. The molecule has 2 aliphatic rings. The molecular formula is C35H66N8. The first kappa shape index (κ1) is 35.7. The lowest BCUT2D eigenvalue weighted by molar-refractivity contribution is -0.0355. The molecule has 43 heavy (non-hydrogen) atoms. The number of nitrogens with zero attached hydrogens (tertiary/aromatic N) is 6. The Hall–Kier alpha value is -1.80. The number of piperidine rings is 2. The summed E-state index contributed by atoms with van der Waals surface area (Å²) in [5.41, 5.74) is 6.51. The van der Waals surface area contributed by atoms with Crippen molar-refractivity contribution in [2.75, 3.05) is 16.8 Å². The number of aromatic nitrogens is 3. The molecule has 0 spiro atoms. The maximum atomic E-state index is 6.38. The highest BCUT2D eigenvalue weighted by Gasteiger charge is 2.47. The molecule has 0 saturated carbocycles. The Bertz CT molecular complexity index is 1050. The fraction of sp³-hybridized carbons (Fsp3) is 0.886. The monoisotopic (exact) mass is 599 g/mol. The van der Waals surface area contributed by atoms with Crippen molar-refractivity contribution in [2.24, 2.45) is 16.1 Å². The summed E-state index contributed by atoms with van der Waals surface area (Å²) in [5, 5.41) is 3.57. The van der Waals surface area contributed by atoms with Gasteiger partial charge in [-0.2, -0.15) is 4.98 Å². The van der Waals surface area contributed by atoms with E-state index in [2.05, 4.69) is 121 Å². The molecule has 2 aliphatic heterocycles. The predicted molar refractivity (Wildman–Crippen MR) is 184 cm³/mol. The molecule has 0 bridgehead atoms. The number of nitrogens with two attached hydrogens (primary N) is 1. The van der Waals surface area contributed by atoms with Crippen LogP contribution in [0, 0.1) is 5.41 Å². The van der Waals surface area contributed by atoms with Gasteiger partial charge in [0.05, 0.1) is 6.04 Å². The lowest BCUT2D eigenvalue weighted by atomic mass is 9.77. The molecule has 2 saturated heterocycles. The largest absolute Gasteiger partial charge is 0.349 e. The first-order valence-electron chi connectivity index (χ1n) is 16.9. The van der Waals surface area contributed by atoms with Crippen molar-refractivity contribution in [2.45, 2.75) is 188 Å². The summed E-state index contributed by atoms with van der Waals surface area (Å²) in [7, 11) is 0. The second-order valence-electron chi connectivity index (χ2n) is 18.0. The number of nitrogens with one attached hydrogen (secondary N) is 1. The zero-order valence-electron chi connectivity index (χ0n) is 30.1. The molecule has 3 N–H and O–H groups in total. The van der Waals surface area contributed by atoms with Crippen LogP contribution in [0.15, 0.2) is 11.3 Å². The fourth-order valence-corrected chi connectivity index (χ4v) is 8.91. The SMILES string of the molecule is CC(C)(C)CC(C)(C)Nc1ncnc(N2C(C)(C)CC(N=CCCCCCN3C(C)(C)CC(N)CC3(C)C)CC2(C)C)n1. The van der Waals surface area contributed by atoms with Gasteiger partial charge in [0.25, 0.3) is 0 Å². The predicted octanol–water partition coefficient (Wildman–Crippen LogP) is 7.64. The molecule has 0 unspecified atom stereocenters. The number of aliphatic imine (C=N–C) groups is 1. The van der Waals surface area contributed by atoms with Gasteiger partial charge in [0.2, 0.25) is 11.9 Å². The molecule has 3 heterocycles. The quantitative estimate of drug-likeness (QED) is 0.200. The summed E-state index contributed by atoms with van der Waals surface area (Å²) in [6.45, 7) is 31.0. The van der Waals surface area contributed by atoms with Gasteiger partial charge in [0.15, 0.2) is 0 Å². The Morgan fingerprint density at radius 3 is 2.00 bits per heavy atom. The van der Waals surface area contributed by atoms with Gasteiger partial charge in [-0.3, -0.25) is 9.89 Å². The summed E-state index contributed by atoms with van der Waals surface area (Å²) in [5.74, 6) is 1.38. The van der Waals surface area contributed by atoms with Crippen molar-refractivity contribution in [3.8, 4) is 0 Å². The normalized spacial score (nSPS) is 23.2. The molecule has 8 heteroatoms. The van der Waals surface area contributed by atoms with Gasteiger partial charge in [-0.25, -0.2) is 9.97 Å². The molecule has 0 aromatic carbocycles. The Balaban J connectivity index is 1.55. The van der Waals surface area contributed by atoms with Crippen LogP contribution in [0.2, 0.25) is 0 Å². The molecule has 3 rings (SSSR count). The van der Waals surface area contributed by atoms with Crippen LogP contribution < -0.4 is 16.0 Å². The summed E-state index contributed by atoms with van der Waals surface area (Å²) in [6, 6.07) is 0.604. The van der Waals surface area contributed by atoms with Gasteiger partial charge < -0.3 is 16.0 Å². The molecule has 0 atom stereocenters. The van der Waals surface area contributed by atoms with E-state index in [0.717, 1.165) is 51.0 Å². The third-order valence-corrected chi connectivity index (χ3v) is 9.38. The van der Waals surface area contributed by atoms with Crippen LogP contribution in [0.4, 0.5) is 11.9 Å². The standard InChI is InChI=1S/C35H66N8/c1-30(2,3)24-31(4,5)41-28-38-25-39-29(40-28)43-34(10,11)22-27(23-35(43,12)13)37-18-16-14-15-17-19-42-32(6,7)20-26(36)21-33(42,8)9/h18,25-27H,14-17,19-24,36H2,1-13H3,(H,38,39,40,41). The van der Waals surface area contributed by atoms with Gasteiger partial charge in [-0.05, 0) is 139 Å². The molecular weight excluding hydrogens is 532 g/mol. The lowest BCUT2D eigenvalue weighted by Crippen LogP contribution is -2.63. The fourth-order valence-electron chi connectivity index (χ4n) is 8.91. The number of hydrogen-bond acceptors (Lipinski definition) is 8. The summed E-state index contributed by atoms with van der Waals surface area (Å²) in [4.78, 5) is 24.3. The van der Waals surface area contributed by atoms with Crippen molar-refractivity contribution in [3.05, 3.63) is 6.33 Å². The first-order valence-corrected chi connectivity index (χ1v) is 16.9. The Kier molecular flexibility index (Phi) is 10.7. The van der Waals surface area contributed by atoms with E-state index in [1.807, 2.05) is 0 Å². The van der Waals surface area contributed by atoms with E-state index in [-0.39, 0.29) is 33.1 Å². The average Bonchev–Trinajstić information content (AvgIpc) is 2.75. The maximum absolute atomic E-state index is 6.38. The molecule has 0 radical (unpaired) electrons. The van der Waals surface area contributed by atoms with Crippen molar-refractivity contribution < 1.29 is 0 Å². The highest BCUT2D eigenvalue weighted by atomic mass is 15.4. The van der Waals surface area contributed by atoms with E-state index < -0.39 is 0 Å². The minimum Gasteiger partial charge on any atom is -0.349 e. The van der Waals surface area contributed by atoms with Crippen LogP contribution in [0.1, 0.15) is 148 Å². The molecule has 8 nitrogen and oxygen atoms in total. The average molecular weight is 599 g/mol. The van der Waals surface area contributed by atoms with E-state index >= 15 is 0 Å². The first-order chi connectivity index (χ1) is 19.5. The molecule has 1 aromatic rings. The van der Waals surface area contributed by atoms with Crippen molar-refractivity contribution in [1.82, 2.24) is 19.9 Å². The van der Waals surface area contributed by atoms with Crippen LogP contribution in [-0.2, 0) is 0 Å². The summed E-state index contributed by atoms with van der Waals surface area (Å²) < 4.78 is 0. The zero-order chi connectivity index (χ0) is 32.5. The van der Waals surface area contributed by atoms with Crippen LogP contribution in [0.25, 0.3) is 0 Å². The lowest BCUT2D eigenvalue weighted by Gasteiger charge is -2.55. The number of likely N-dealkylation sites (tertiary alicyclic amines) is 1.